The van der Waals surface area contributed by atoms with Gasteiger partial charge in [0.2, 0.25) is 0 Å². The fraction of sp³-hybridized carbons (Fsp3) is 0.667. The van der Waals surface area contributed by atoms with E-state index in [1.54, 1.807) is 0 Å². The van der Waals surface area contributed by atoms with Gasteiger partial charge in [-0.3, -0.25) is 9.80 Å². The highest BCUT2D eigenvalue weighted by Gasteiger charge is 2.21. The molecule has 4 rings (SSSR count). The van der Waals surface area contributed by atoms with Crippen LogP contribution in [0.4, 0.5) is 0 Å². The van der Waals surface area contributed by atoms with Crippen molar-refractivity contribution in [3.63, 3.8) is 0 Å². The molecule has 0 aliphatic carbocycles. The zero-order valence-corrected chi connectivity index (χ0v) is 14.8. The molecule has 2 aromatic rings. The number of nitrogens with zero attached hydrogens (tertiary/aromatic N) is 5. The highest BCUT2D eigenvalue weighted by Crippen LogP contribution is 2.19. The van der Waals surface area contributed by atoms with Crippen LogP contribution in [0.2, 0.25) is 0 Å². The molecule has 0 radical (unpaired) electrons. The van der Waals surface area contributed by atoms with E-state index in [1.165, 1.54) is 43.0 Å². The van der Waals surface area contributed by atoms with Crippen molar-refractivity contribution >= 4 is 0 Å². The van der Waals surface area contributed by atoms with E-state index < -0.39 is 0 Å². The molecule has 0 aromatic carbocycles. The Hall–Kier alpha value is -1.66. The number of imidazole rings is 1. The van der Waals surface area contributed by atoms with Gasteiger partial charge < -0.3 is 9.09 Å². The summed E-state index contributed by atoms with van der Waals surface area (Å²) in [6, 6.07) is 0. The predicted molar refractivity (Wildman–Crippen MR) is 91.7 cm³/mol. The monoisotopic (exact) mass is 329 g/mol. The first-order valence-electron chi connectivity index (χ1n) is 9.10. The van der Waals surface area contributed by atoms with Gasteiger partial charge in [0.1, 0.15) is 11.6 Å². The SMILES string of the molecule is Cc1noc(C)c1CN1CCc2ncc(CN3CCCC3)n2CC1. The summed E-state index contributed by atoms with van der Waals surface area (Å²) >= 11 is 0. The lowest BCUT2D eigenvalue weighted by atomic mass is 10.2. The molecular formula is C18H27N5O. The van der Waals surface area contributed by atoms with Gasteiger partial charge in [-0.1, -0.05) is 5.16 Å². The molecule has 0 amide bonds. The highest BCUT2D eigenvalue weighted by atomic mass is 16.5. The van der Waals surface area contributed by atoms with E-state index in [-0.39, 0.29) is 0 Å². The molecule has 4 heterocycles. The Morgan fingerprint density at radius 1 is 1.00 bits per heavy atom. The van der Waals surface area contributed by atoms with Crippen LogP contribution in [0.15, 0.2) is 10.7 Å². The van der Waals surface area contributed by atoms with Crippen LogP contribution in [0.25, 0.3) is 0 Å². The molecule has 1 fully saturated rings. The third kappa shape index (κ3) is 3.13. The molecule has 0 saturated carbocycles. The Morgan fingerprint density at radius 3 is 2.54 bits per heavy atom. The molecule has 6 heteroatoms. The maximum atomic E-state index is 5.31. The third-order valence-corrected chi connectivity index (χ3v) is 5.46. The Kier molecular flexibility index (Phi) is 4.41. The summed E-state index contributed by atoms with van der Waals surface area (Å²) in [6.45, 7) is 11.6. The van der Waals surface area contributed by atoms with Gasteiger partial charge in [-0.2, -0.15) is 0 Å². The fourth-order valence-corrected chi connectivity index (χ4v) is 3.94. The lowest BCUT2D eigenvalue weighted by Crippen LogP contribution is -2.27. The first kappa shape index (κ1) is 15.8. The van der Waals surface area contributed by atoms with E-state index >= 15 is 0 Å². The predicted octanol–water partition coefficient (Wildman–Crippen LogP) is 2.14. The van der Waals surface area contributed by atoms with Crippen molar-refractivity contribution in [2.75, 3.05) is 26.2 Å². The van der Waals surface area contributed by atoms with Crippen molar-refractivity contribution in [1.29, 1.82) is 0 Å². The highest BCUT2D eigenvalue weighted by molar-refractivity contribution is 5.20. The number of aryl methyl sites for hydroxylation is 2. The van der Waals surface area contributed by atoms with E-state index in [2.05, 4.69) is 25.7 Å². The van der Waals surface area contributed by atoms with E-state index in [0.29, 0.717) is 0 Å². The van der Waals surface area contributed by atoms with Crippen LogP contribution in [-0.2, 0) is 26.1 Å². The average molecular weight is 329 g/mol. The molecule has 1 saturated heterocycles. The van der Waals surface area contributed by atoms with Crippen LogP contribution in [-0.4, -0.2) is 50.7 Å². The van der Waals surface area contributed by atoms with Crippen LogP contribution in [0, 0.1) is 13.8 Å². The standard InChI is InChI=1S/C18H27N5O/c1-14-17(15(2)24-20-14)13-22-8-5-18-19-11-16(23(18)10-9-22)12-21-6-3-4-7-21/h11H,3-10,12-13H2,1-2H3. The minimum absolute atomic E-state index is 0.924. The van der Waals surface area contributed by atoms with Gasteiger partial charge in [0.05, 0.1) is 11.4 Å². The second-order valence-corrected chi connectivity index (χ2v) is 7.13. The quantitative estimate of drug-likeness (QED) is 0.860. The van der Waals surface area contributed by atoms with Gasteiger partial charge in [0, 0.05) is 50.9 Å². The first-order valence-corrected chi connectivity index (χ1v) is 9.10. The molecule has 130 valence electrons. The van der Waals surface area contributed by atoms with Crippen molar-refractivity contribution in [3.05, 3.63) is 34.7 Å². The molecule has 2 aliphatic rings. The maximum Gasteiger partial charge on any atom is 0.138 e. The van der Waals surface area contributed by atoms with Crippen LogP contribution in [0.5, 0.6) is 0 Å². The van der Waals surface area contributed by atoms with Crippen molar-refractivity contribution in [2.45, 2.75) is 52.7 Å². The summed E-state index contributed by atoms with van der Waals surface area (Å²) in [7, 11) is 0. The molecule has 24 heavy (non-hydrogen) atoms. The number of likely N-dealkylation sites (tertiary alicyclic amines) is 1. The van der Waals surface area contributed by atoms with E-state index in [4.69, 9.17) is 9.51 Å². The zero-order chi connectivity index (χ0) is 16.5. The fourth-order valence-electron chi connectivity index (χ4n) is 3.94. The normalized spacial score (nSPS) is 19.6. The molecule has 2 aromatic heterocycles. The second kappa shape index (κ2) is 6.69. The van der Waals surface area contributed by atoms with E-state index in [9.17, 15) is 0 Å². The maximum absolute atomic E-state index is 5.31. The number of hydrogen-bond donors (Lipinski definition) is 0. The first-order chi connectivity index (χ1) is 11.7. The lowest BCUT2D eigenvalue weighted by Gasteiger charge is -2.20. The lowest BCUT2D eigenvalue weighted by molar-refractivity contribution is 0.266. The average Bonchev–Trinajstić information content (AvgIpc) is 3.25. The number of aromatic nitrogens is 3. The van der Waals surface area contributed by atoms with Gasteiger partial charge in [-0.25, -0.2) is 4.98 Å². The van der Waals surface area contributed by atoms with Gasteiger partial charge in [0.25, 0.3) is 0 Å². The molecule has 0 atom stereocenters. The van der Waals surface area contributed by atoms with Crippen LogP contribution < -0.4 is 0 Å². The molecular weight excluding hydrogens is 302 g/mol. The van der Waals surface area contributed by atoms with Gasteiger partial charge in [-0.05, 0) is 39.8 Å². The summed E-state index contributed by atoms with van der Waals surface area (Å²) in [5.41, 5.74) is 3.64. The Balaban J connectivity index is 1.43. The zero-order valence-electron chi connectivity index (χ0n) is 14.8. The molecule has 6 nitrogen and oxygen atoms in total. The Labute approximate surface area is 143 Å². The summed E-state index contributed by atoms with van der Waals surface area (Å²) in [5, 5.41) is 4.08. The summed E-state index contributed by atoms with van der Waals surface area (Å²) < 4.78 is 7.76. The van der Waals surface area contributed by atoms with Gasteiger partial charge >= 0.3 is 0 Å². The topological polar surface area (TPSA) is 50.3 Å². The van der Waals surface area contributed by atoms with E-state index in [0.717, 1.165) is 50.6 Å². The molecule has 2 aliphatic heterocycles. The molecule has 0 unspecified atom stereocenters. The third-order valence-electron chi connectivity index (χ3n) is 5.46. The van der Waals surface area contributed by atoms with Crippen LogP contribution >= 0.6 is 0 Å². The summed E-state index contributed by atoms with van der Waals surface area (Å²) in [4.78, 5) is 9.76. The Morgan fingerprint density at radius 2 is 1.79 bits per heavy atom. The van der Waals surface area contributed by atoms with Crippen LogP contribution in [0.3, 0.4) is 0 Å². The number of hydrogen-bond acceptors (Lipinski definition) is 5. The van der Waals surface area contributed by atoms with Crippen molar-refractivity contribution in [1.82, 2.24) is 24.5 Å². The Bertz CT molecular complexity index is 679. The molecule has 0 N–H and O–H groups in total. The summed E-state index contributed by atoms with van der Waals surface area (Å²) in [5.74, 6) is 2.19. The van der Waals surface area contributed by atoms with Crippen molar-refractivity contribution in [3.8, 4) is 0 Å². The number of rotatable bonds is 4. The summed E-state index contributed by atoms with van der Waals surface area (Å²) in [6.07, 6.45) is 5.79. The van der Waals surface area contributed by atoms with Gasteiger partial charge in [0.15, 0.2) is 0 Å². The minimum atomic E-state index is 0.924. The van der Waals surface area contributed by atoms with Crippen molar-refractivity contribution in [2.24, 2.45) is 0 Å². The largest absolute Gasteiger partial charge is 0.361 e. The van der Waals surface area contributed by atoms with Crippen LogP contribution in [0.1, 0.15) is 41.4 Å². The van der Waals surface area contributed by atoms with E-state index in [1.807, 2.05) is 13.8 Å². The molecule has 0 bridgehead atoms. The van der Waals surface area contributed by atoms with Crippen molar-refractivity contribution < 1.29 is 4.52 Å². The minimum Gasteiger partial charge on any atom is -0.361 e. The van der Waals surface area contributed by atoms with Gasteiger partial charge in [-0.15, -0.1) is 0 Å². The second-order valence-electron chi connectivity index (χ2n) is 7.13. The number of fused-ring (bicyclic) bond motifs is 1. The molecule has 0 spiro atoms. The smallest absolute Gasteiger partial charge is 0.138 e.